The quantitative estimate of drug-likeness (QED) is 0.684. The minimum absolute atomic E-state index is 0.193. The molecule has 92 valence electrons. The molecule has 1 aliphatic heterocycles. The van der Waals surface area contributed by atoms with E-state index in [1.54, 1.807) is 19.1 Å². The highest BCUT2D eigenvalue weighted by Gasteiger charge is 2.47. The molecule has 16 heavy (non-hydrogen) atoms. The molecule has 6 heteroatoms. The topological polar surface area (TPSA) is 74.7 Å². The van der Waals surface area contributed by atoms with Crippen LogP contribution in [0.25, 0.3) is 0 Å². The summed E-state index contributed by atoms with van der Waals surface area (Å²) in [5.74, 6) is 0.193. The van der Waals surface area contributed by atoms with Gasteiger partial charge in [0, 0.05) is 27.2 Å². The number of hydrogen-bond donors (Lipinski definition) is 2. The van der Waals surface area contributed by atoms with E-state index in [-0.39, 0.29) is 11.9 Å². The van der Waals surface area contributed by atoms with Crippen LogP contribution in [0.5, 0.6) is 0 Å². The van der Waals surface area contributed by atoms with Crippen LogP contribution in [0.15, 0.2) is 0 Å². The monoisotopic (exact) mass is 229 g/mol. The number of nitrogens with zero attached hydrogens (tertiary/aromatic N) is 1. The van der Waals surface area contributed by atoms with E-state index < -0.39 is 11.8 Å². The van der Waals surface area contributed by atoms with Crippen LogP contribution in [-0.4, -0.2) is 49.4 Å². The highest BCUT2D eigenvalue weighted by molar-refractivity contribution is 6.08. The van der Waals surface area contributed by atoms with Crippen LogP contribution in [0.1, 0.15) is 20.3 Å². The minimum Gasteiger partial charge on any atom is -0.356 e. The zero-order chi connectivity index (χ0) is 12.3. The van der Waals surface area contributed by atoms with Crippen molar-refractivity contribution < 1.29 is 14.3 Å². The van der Waals surface area contributed by atoms with E-state index in [4.69, 9.17) is 14.9 Å². The van der Waals surface area contributed by atoms with E-state index in [9.17, 15) is 4.79 Å². The standard InChI is InChI=1S/C10H19N3O3/c1-5-13-9(14)12-8(11)10(13,2)6-7(15-3)16-4/h7H,5-6H2,1-4H3,(H2,11,12,14). The molecule has 1 saturated heterocycles. The van der Waals surface area contributed by atoms with Gasteiger partial charge in [0.25, 0.3) is 0 Å². The molecule has 1 fully saturated rings. The number of likely N-dealkylation sites (N-methyl/N-ethyl adjacent to an activating group) is 1. The normalized spacial score (nSPS) is 25.4. The van der Waals surface area contributed by atoms with Gasteiger partial charge in [0.1, 0.15) is 11.4 Å². The molecule has 1 atom stereocenters. The number of ether oxygens (including phenoxy) is 2. The number of carbonyl (C=O) groups excluding carboxylic acids is 1. The maximum absolute atomic E-state index is 11.6. The molecule has 0 saturated carbocycles. The zero-order valence-corrected chi connectivity index (χ0v) is 10.2. The Bertz CT molecular complexity index is 291. The second kappa shape index (κ2) is 4.80. The smallest absolute Gasteiger partial charge is 0.323 e. The highest BCUT2D eigenvalue weighted by atomic mass is 16.7. The second-order valence-electron chi connectivity index (χ2n) is 3.93. The Hall–Kier alpha value is -1.14. The third kappa shape index (κ3) is 2.03. The third-order valence-electron chi connectivity index (χ3n) is 3.02. The molecule has 0 bridgehead atoms. The SMILES string of the molecule is CCN1C(=O)NC(=N)C1(C)CC(OC)OC. The zero-order valence-electron chi connectivity index (χ0n) is 10.2. The van der Waals surface area contributed by atoms with E-state index in [1.807, 2.05) is 13.8 Å². The number of carbonyl (C=O) groups is 1. The Balaban J connectivity index is 2.87. The summed E-state index contributed by atoms with van der Waals surface area (Å²) < 4.78 is 10.2. The van der Waals surface area contributed by atoms with Gasteiger partial charge in [-0.15, -0.1) is 0 Å². The van der Waals surface area contributed by atoms with Crippen molar-refractivity contribution in [1.82, 2.24) is 10.2 Å². The maximum Gasteiger partial charge on any atom is 0.323 e. The fraction of sp³-hybridized carbons (Fsp3) is 0.800. The predicted molar refractivity (Wildman–Crippen MR) is 59.5 cm³/mol. The lowest BCUT2D eigenvalue weighted by Gasteiger charge is -2.34. The van der Waals surface area contributed by atoms with Crippen LogP contribution in [0, 0.1) is 5.41 Å². The van der Waals surface area contributed by atoms with Gasteiger partial charge in [-0.25, -0.2) is 4.79 Å². The lowest BCUT2D eigenvalue weighted by Crippen LogP contribution is -2.49. The van der Waals surface area contributed by atoms with Gasteiger partial charge >= 0.3 is 6.03 Å². The molecule has 2 N–H and O–H groups in total. The van der Waals surface area contributed by atoms with Gasteiger partial charge in [-0.05, 0) is 13.8 Å². The fourth-order valence-electron chi connectivity index (χ4n) is 1.96. The first-order valence-electron chi connectivity index (χ1n) is 5.22. The predicted octanol–water partition coefficient (Wildman–Crippen LogP) is 0.776. The summed E-state index contributed by atoms with van der Waals surface area (Å²) in [6.07, 6.45) is 0.0119. The molecular weight excluding hydrogens is 210 g/mol. The molecule has 0 spiro atoms. The van der Waals surface area contributed by atoms with Gasteiger partial charge in [-0.2, -0.15) is 0 Å². The van der Waals surface area contributed by atoms with Crippen molar-refractivity contribution in [2.75, 3.05) is 20.8 Å². The van der Waals surface area contributed by atoms with Gasteiger partial charge in [0.05, 0.1) is 0 Å². The molecule has 6 nitrogen and oxygen atoms in total. The van der Waals surface area contributed by atoms with Gasteiger partial charge in [0.15, 0.2) is 6.29 Å². The molecule has 1 heterocycles. The minimum atomic E-state index is -0.678. The van der Waals surface area contributed by atoms with Gasteiger partial charge in [-0.1, -0.05) is 0 Å². The van der Waals surface area contributed by atoms with Crippen molar-refractivity contribution >= 4 is 11.9 Å². The van der Waals surface area contributed by atoms with Crippen molar-refractivity contribution in [3.05, 3.63) is 0 Å². The van der Waals surface area contributed by atoms with E-state index in [2.05, 4.69) is 5.32 Å². The molecular formula is C10H19N3O3. The largest absolute Gasteiger partial charge is 0.356 e. The van der Waals surface area contributed by atoms with Crippen LogP contribution in [0.2, 0.25) is 0 Å². The Labute approximate surface area is 95.4 Å². The molecule has 0 aromatic carbocycles. The highest BCUT2D eigenvalue weighted by Crippen LogP contribution is 2.27. The number of nitrogens with one attached hydrogen (secondary N) is 2. The maximum atomic E-state index is 11.6. The van der Waals surface area contributed by atoms with Crippen molar-refractivity contribution in [1.29, 1.82) is 5.41 Å². The summed E-state index contributed by atoms with van der Waals surface area (Å²) in [6, 6.07) is -0.235. The number of amides is 2. The second-order valence-corrected chi connectivity index (χ2v) is 3.93. The molecule has 1 unspecified atom stereocenters. The van der Waals surface area contributed by atoms with Crippen molar-refractivity contribution in [3.8, 4) is 0 Å². The molecule has 1 rings (SSSR count). The van der Waals surface area contributed by atoms with E-state index in [0.29, 0.717) is 13.0 Å². The lowest BCUT2D eigenvalue weighted by molar-refractivity contribution is -0.117. The first kappa shape index (κ1) is 12.9. The Morgan fingerprint density at radius 3 is 2.50 bits per heavy atom. The lowest BCUT2D eigenvalue weighted by atomic mass is 9.95. The van der Waals surface area contributed by atoms with Crippen molar-refractivity contribution in [2.24, 2.45) is 0 Å². The van der Waals surface area contributed by atoms with Crippen molar-refractivity contribution in [3.63, 3.8) is 0 Å². The molecule has 2 amide bonds. The van der Waals surface area contributed by atoms with E-state index >= 15 is 0 Å². The Morgan fingerprint density at radius 1 is 1.50 bits per heavy atom. The van der Waals surface area contributed by atoms with Crippen LogP contribution >= 0.6 is 0 Å². The molecule has 0 aromatic rings. The summed E-state index contributed by atoms with van der Waals surface area (Å²) in [4.78, 5) is 13.2. The fourth-order valence-corrected chi connectivity index (χ4v) is 1.96. The number of urea groups is 1. The summed E-state index contributed by atoms with van der Waals surface area (Å²) in [5.41, 5.74) is -0.678. The summed E-state index contributed by atoms with van der Waals surface area (Å²) >= 11 is 0. The van der Waals surface area contributed by atoms with E-state index in [1.165, 1.54) is 0 Å². The summed E-state index contributed by atoms with van der Waals surface area (Å²) in [5, 5.41) is 10.3. The van der Waals surface area contributed by atoms with Crippen LogP contribution in [0.3, 0.4) is 0 Å². The molecule has 0 aromatic heterocycles. The first-order valence-corrected chi connectivity index (χ1v) is 5.22. The van der Waals surface area contributed by atoms with Crippen molar-refractivity contribution in [2.45, 2.75) is 32.1 Å². The van der Waals surface area contributed by atoms with Crippen LogP contribution in [-0.2, 0) is 9.47 Å². The molecule has 0 aliphatic carbocycles. The number of amidine groups is 1. The first-order chi connectivity index (χ1) is 7.49. The number of rotatable bonds is 5. The van der Waals surface area contributed by atoms with Crippen LogP contribution < -0.4 is 5.32 Å². The van der Waals surface area contributed by atoms with Gasteiger partial charge in [0.2, 0.25) is 0 Å². The van der Waals surface area contributed by atoms with E-state index in [0.717, 1.165) is 0 Å². The number of hydrogen-bond acceptors (Lipinski definition) is 4. The van der Waals surface area contributed by atoms with Gasteiger partial charge in [-0.3, -0.25) is 10.7 Å². The summed E-state index contributed by atoms with van der Waals surface area (Å²) in [7, 11) is 3.09. The Kier molecular flexibility index (Phi) is 3.88. The average Bonchev–Trinajstić information content (AvgIpc) is 2.46. The van der Waals surface area contributed by atoms with Gasteiger partial charge < -0.3 is 14.4 Å². The summed E-state index contributed by atoms with van der Waals surface area (Å²) in [6.45, 7) is 4.26. The average molecular weight is 229 g/mol. The number of methoxy groups -OCH3 is 2. The third-order valence-corrected chi connectivity index (χ3v) is 3.02. The molecule has 0 radical (unpaired) electrons. The Morgan fingerprint density at radius 2 is 2.06 bits per heavy atom. The van der Waals surface area contributed by atoms with Crippen LogP contribution in [0.4, 0.5) is 4.79 Å². The molecule has 1 aliphatic rings.